The fraction of sp³-hybridized carbons (Fsp3) is 0.222. The molecular weight excluding hydrogens is 290 g/mol. The number of rotatable bonds is 5. The second-order valence-corrected chi connectivity index (χ2v) is 5.47. The number of hydrogen-bond acceptors (Lipinski definition) is 3. The van der Waals surface area contributed by atoms with Crippen LogP contribution >= 0.6 is 0 Å². The first-order valence-corrected chi connectivity index (χ1v) is 7.63. The van der Waals surface area contributed by atoms with Gasteiger partial charge in [0.25, 0.3) is 0 Å². The van der Waals surface area contributed by atoms with E-state index in [9.17, 15) is 4.79 Å². The molecule has 0 unspecified atom stereocenters. The van der Waals surface area contributed by atoms with Gasteiger partial charge in [-0.15, -0.1) is 0 Å². The lowest BCUT2D eigenvalue weighted by molar-refractivity contribution is 0.240. The molecule has 23 heavy (non-hydrogen) atoms. The van der Waals surface area contributed by atoms with Crippen LogP contribution in [0.25, 0.3) is 11.0 Å². The minimum absolute atomic E-state index is 0.204. The Hall–Kier alpha value is -2.82. The smallest absolute Gasteiger partial charge is 0.315 e. The number of hydrogen-bond donors (Lipinski definition) is 2. The topological polar surface area (TPSA) is 67.2 Å². The van der Waals surface area contributed by atoms with Crippen molar-refractivity contribution in [3.05, 3.63) is 65.4 Å². The summed E-state index contributed by atoms with van der Waals surface area (Å²) in [7, 11) is 0. The quantitative estimate of drug-likeness (QED) is 0.760. The molecule has 0 spiro atoms. The van der Waals surface area contributed by atoms with Crippen LogP contribution in [0.5, 0.6) is 0 Å². The zero-order chi connectivity index (χ0) is 16.1. The molecular formula is C18H19N3O2. The summed E-state index contributed by atoms with van der Waals surface area (Å²) in [5, 5.41) is 10.6. The highest BCUT2D eigenvalue weighted by Gasteiger charge is 2.08. The zero-order valence-electron chi connectivity index (χ0n) is 13.0. The molecule has 0 saturated heterocycles. The molecule has 0 bridgehead atoms. The van der Waals surface area contributed by atoms with Crippen molar-refractivity contribution in [3.8, 4) is 0 Å². The van der Waals surface area contributed by atoms with Crippen molar-refractivity contribution in [1.29, 1.82) is 0 Å². The molecule has 5 heteroatoms. The Morgan fingerprint density at radius 1 is 1.13 bits per heavy atom. The second kappa shape index (κ2) is 6.96. The van der Waals surface area contributed by atoms with Gasteiger partial charge in [-0.2, -0.15) is 0 Å². The molecule has 1 aromatic heterocycles. The highest BCUT2D eigenvalue weighted by molar-refractivity contribution is 5.80. The van der Waals surface area contributed by atoms with Gasteiger partial charge in [-0.3, -0.25) is 0 Å². The van der Waals surface area contributed by atoms with Gasteiger partial charge in [0.2, 0.25) is 0 Å². The van der Waals surface area contributed by atoms with Gasteiger partial charge in [-0.05, 0) is 31.0 Å². The number of urea groups is 1. The van der Waals surface area contributed by atoms with Crippen molar-refractivity contribution >= 4 is 17.0 Å². The number of aryl methyl sites for hydroxylation is 1. The van der Waals surface area contributed by atoms with Crippen LogP contribution in [0, 0.1) is 6.92 Å². The normalized spacial score (nSPS) is 10.7. The van der Waals surface area contributed by atoms with E-state index in [0.29, 0.717) is 13.1 Å². The maximum atomic E-state index is 11.9. The Morgan fingerprint density at radius 2 is 2.00 bits per heavy atom. The summed E-state index contributed by atoms with van der Waals surface area (Å²) >= 11 is 0. The van der Waals surface area contributed by atoms with E-state index < -0.39 is 0 Å². The molecule has 0 aliphatic rings. The van der Waals surface area contributed by atoms with Crippen molar-refractivity contribution in [2.75, 3.05) is 6.54 Å². The lowest BCUT2D eigenvalue weighted by Crippen LogP contribution is -2.36. The van der Waals surface area contributed by atoms with E-state index in [1.54, 1.807) is 0 Å². The first-order chi connectivity index (χ1) is 11.2. The van der Waals surface area contributed by atoms with E-state index >= 15 is 0 Å². The van der Waals surface area contributed by atoms with E-state index in [1.807, 2.05) is 30.3 Å². The van der Waals surface area contributed by atoms with Gasteiger partial charge < -0.3 is 15.2 Å². The third kappa shape index (κ3) is 3.88. The van der Waals surface area contributed by atoms with Crippen LogP contribution in [0.2, 0.25) is 0 Å². The highest BCUT2D eigenvalue weighted by atomic mass is 16.5. The molecule has 0 atom stereocenters. The number of nitrogens with zero attached hydrogens (tertiary/aromatic N) is 1. The lowest BCUT2D eigenvalue weighted by Gasteiger charge is -2.07. The molecule has 0 aliphatic carbocycles. The van der Waals surface area contributed by atoms with Gasteiger partial charge in [0.1, 0.15) is 5.69 Å². The molecule has 0 radical (unpaired) electrons. The first kappa shape index (κ1) is 15.1. The van der Waals surface area contributed by atoms with Crippen LogP contribution in [0.3, 0.4) is 0 Å². The summed E-state index contributed by atoms with van der Waals surface area (Å²) in [5.74, 6) is 0. The van der Waals surface area contributed by atoms with E-state index in [0.717, 1.165) is 23.1 Å². The van der Waals surface area contributed by atoms with Gasteiger partial charge in [-0.25, -0.2) is 4.79 Å². The monoisotopic (exact) mass is 309 g/mol. The molecule has 2 aromatic carbocycles. The summed E-state index contributed by atoms with van der Waals surface area (Å²) in [4.78, 5) is 11.9. The number of amides is 2. The predicted molar refractivity (Wildman–Crippen MR) is 89.1 cm³/mol. The fourth-order valence-corrected chi connectivity index (χ4v) is 2.48. The molecule has 3 aromatic rings. The van der Waals surface area contributed by atoms with Crippen LogP contribution in [0.1, 0.15) is 16.8 Å². The molecule has 2 N–H and O–H groups in total. The van der Waals surface area contributed by atoms with E-state index in [4.69, 9.17) is 4.52 Å². The van der Waals surface area contributed by atoms with Crippen molar-refractivity contribution in [1.82, 2.24) is 15.8 Å². The number of para-hydroxylation sites is 1. The minimum atomic E-state index is -0.204. The van der Waals surface area contributed by atoms with Crippen LogP contribution in [0.4, 0.5) is 4.79 Å². The van der Waals surface area contributed by atoms with E-state index in [-0.39, 0.29) is 6.03 Å². The molecule has 0 fully saturated rings. The molecule has 1 heterocycles. The zero-order valence-corrected chi connectivity index (χ0v) is 13.0. The van der Waals surface area contributed by atoms with Crippen LogP contribution in [-0.4, -0.2) is 17.7 Å². The Morgan fingerprint density at radius 3 is 2.87 bits per heavy atom. The van der Waals surface area contributed by atoms with Crippen LogP contribution < -0.4 is 10.6 Å². The fourth-order valence-electron chi connectivity index (χ4n) is 2.48. The van der Waals surface area contributed by atoms with Crippen LogP contribution in [-0.2, 0) is 13.0 Å². The number of nitrogens with one attached hydrogen (secondary N) is 2. The second-order valence-electron chi connectivity index (χ2n) is 5.47. The van der Waals surface area contributed by atoms with Gasteiger partial charge in [-0.1, -0.05) is 47.1 Å². The SMILES string of the molecule is Cc1cccc(CCNC(=O)NCc2noc3ccccc23)c1. The number of carbonyl (C=O) groups excluding carboxylic acids is 1. The highest BCUT2D eigenvalue weighted by Crippen LogP contribution is 2.17. The molecule has 0 saturated carbocycles. The lowest BCUT2D eigenvalue weighted by atomic mass is 10.1. The predicted octanol–water partition coefficient (Wildman–Crippen LogP) is 3.18. The van der Waals surface area contributed by atoms with Crippen molar-refractivity contribution < 1.29 is 9.32 Å². The number of aromatic nitrogens is 1. The van der Waals surface area contributed by atoms with Gasteiger partial charge in [0.15, 0.2) is 5.58 Å². The maximum Gasteiger partial charge on any atom is 0.315 e. The number of carbonyl (C=O) groups is 1. The van der Waals surface area contributed by atoms with Crippen molar-refractivity contribution in [2.45, 2.75) is 19.9 Å². The summed E-state index contributed by atoms with van der Waals surface area (Å²) in [6.45, 7) is 2.99. The van der Waals surface area contributed by atoms with Crippen LogP contribution in [0.15, 0.2) is 53.1 Å². The summed E-state index contributed by atoms with van der Waals surface area (Å²) in [6.07, 6.45) is 0.808. The molecule has 118 valence electrons. The Balaban J connectivity index is 1.46. The minimum Gasteiger partial charge on any atom is -0.356 e. The number of fused-ring (bicyclic) bond motifs is 1. The van der Waals surface area contributed by atoms with E-state index in [1.165, 1.54) is 11.1 Å². The average molecular weight is 309 g/mol. The third-order valence-corrected chi connectivity index (χ3v) is 3.65. The Labute approximate surface area is 134 Å². The Bertz CT molecular complexity index is 811. The average Bonchev–Trinajstić information content (AvgIpc) is 2.96. The standard InChI is InChI=1S/C18H19N3O2/c1-13-5-4-6-14(11-13)9-10-19-18(22)20-12-16-15-7-2-3-8-17(15)23-21-16/h2-8,11H,9-10,12H2,1H3,(H2,19,20,22). The Kier molecular flexibility index (Phi) is 4.57. The van der Waals surface area contributed by atoms with Crippen molar-refractivity contribution in [3.63, 3.8) is 0 Å². The molecule has 5 nitrogen and oxygen atoms in total. The number of benzene rings is 2. The largest absolute Gasteiger partial charge is 0.356 e. The summed E-state index contributed by atoms with van der Waals surface area (Å²) in [6, 6.07) is 15.7. The van der Waals surface area contributed by atoms with Gasteiger partial charge in [0, 0.05) is 11.9 Å². The maximum absolute atomic E-state index is 11.9. The van der Waals surface area contributed by atoms with Crippen molar-refractivity contribution in [2.24, 2.45) is 0 Å². The molecule has 3 rings (SSSR count). The third-order valence-electron chi connectivity index (χ3n) is 3.65. The van der Waals surface area contributed by atoms with Gasteiger partial charge >= 0.3 is 6.03 Å². The van der Waals surface area contributed by atoms with E-state index in [2.05, 4.69) is 40.9 Å². The van der Waals surface area contributed by atoms with Gasteiger partial charge in [0.05, 0.1) is 6.54 Å². The first-order valence-electron chi connectivity index (χ1n) is 7.63. The molecule has 2 amide bonds. The summed E-state index contributed by atoms with van der Waals surface area (Å²) < 4.78 is 5.21. The summed E-state index contributed by atoms with van der Waals surface area (Å²) in [5.41, 5.74) is 3.90. The molecule has 0 aliphatic heterocycles.